The van der Waals surface area contributed by atoms with E-state index < -0.39 is 0 Å². The average molecular weight is 321 g/mol. The highest BCUT2D eigenvalue weighted by atomic mass is 32.2. The van der Waals surface area contributed by atoms with E-state index in [1.165, 1.54) is 0 Å². The van der Waals surface area contributed by atoms with E-state index >= 15 is 0 Å². The van der Waals surface area contributed by atoms with Crippen molar-refractivity contribution >= 4 is 17.7 Å². The summed E-state index contributed by atoms with van der Waals surface area (Å²) in [7, 11) is 2.15. The first kappa shape index (κ1) is 15.6. The second-order valence-corrected chi connectivity index (χ2v) is 6.86. The standard InChI is InChI=1S/C16H23N3O2S/c1-18-8-10-19(11-9-18)7-6-17-16(20)14-12-22-15-5-3-2-4-13(15)21-14/h2-5,14H,6-12H2,1H3,(H,17,20)/t14-/m0/s1. The molecule has 1 saturated heterocycles. The van der Waals surface area contributed by atoms with Crippen LogP contribution in [0.25, 0.3) is 0 Å². The molecule has 0 radical (unpaired) electrons. The topological polar surface area (TPSA) is 44.8 Å². The van der Waals surface area contributed by atoms with E-state index in [1.807, 2.05) is 24.3 Å². The SMILES string of the molecule is CN1CCN(CCNC(=O)[C@@H]2CSc3ccccc3O2)CC1. The first-order chi connectivity index (χ1) is 10.7. The van der Waals surface area contributed by atoms with E-state index in [1.54, 1.807) is 11.8 Å². The Morgan fingerprint density at radius 2 is 2.09 bits per heavy atom. The summed E-state index contributed by atoms with van der Waals surface area (Å²) in [6, 6.07) is 7.88. The summed E-state index contributed by atoms with van der Waals surface area (Å²) in [5.74, 6) is 1.49. The fourth-order valence-corrected chi connectivity index (χ4v) is 3.65. The van der Waals surface area contributed by atoms with Gasteiger partial charge in [0.15, 0.2) is 6.10 Å². The number of carbonyl (C=O) groups excluding carboxylic acids is 1. The van der Waals surface area contributed by atoms with E-state index in [0.29, 0.717) is 12.3 Å². The molecule has 3 rings (SSSR count). The van der Waals surface area contributed by atoms with Crippen molar-refractivity contribution in [2.24, 2.45) is 0 Å². The van der Waals surface area contributed by atoms with Gasteiger partial charge in [-0.05, 0) is 19.2 Å². The third-order valence-electron chi connectivity index (χ3n) is 4.12. The number of hydrogen-bond donors (Lipinski definition) is 1. The summed E-state index contributed by atoms with van der Waals surface area (Å²) in [4.78, 5) is 18.1. The van der Waals surface area contributed by atoms with Crippen molar-refractivity contribution in [2.75, 3.05) is 52.1 Å². The summed E-state index contributed by atoms with van der Waals surface area (Å²) < 4.78 is 5.80. The molecule has 1 fully saturated rings. The highest BCUT2D eigenvalue weighted by Crippen LogP contribution is 2.34. The van der Waals surface area contributed by atoms with Gasteiger partial charge < -0.3 is 15.0 Å². The molecule has 1 N–H and O–H groups in total. The first-order valence-electron chi connectivity index (χ1n) is 7.79. The van der Waals surface area contributed by atoms with E-state index in [2.05, 4.69) is 22.2 Å². The molecule has 120 valence electrons. The number of benzene rings is 1. The Bertz CT molecular complexity index is 518. The molecule has 1 aromatic carbocycles. The Kier molecular flexibility index (Phi) is 5.23. The smallest absolute Gasteiger partial charge is 0.262 e. The number of likely N-dealkylation sites (N-methyl/N-ethyl adjacent to an activating group) is 1. The molecule has 6 heteroatoms. The summed E-state index contributed by atoms with van der Waals surface area (Å²) in [6.45, 7) is 5.97. The van der Waals surface area contributed by atoms with Crippen LogP contribution in [-0.4, -0.2) is 73.9 Å². The minimum absolute atomic E-state index is 0.00358. The lowest BCUT2D eigenvalue weighted by Gasteiger charge is -2.32. The van der Waals surface area contributed by atoms with Gasteiger partial charge in [0, 0.05) is 49.9 Å². The maximum atomic E-state index is 12.2. The fraction of sp³-hybridized carbons (Fsp3) is 0.562. The van der Waals surface area contributed by atoms with Crippen LogP contribution in [0.15, 0.2) is 29.2 Å². The largest absolute Gasteiger partial charge is 0.479 e. The molecule has 0 aliphatic carbocycles. The number of hydrogen-bond acceptors (Lipinski definition) is 5. The molecule has 5 nitrogen and oxygen atoms in total. The van der Waals surface area contributed by atoms with Crippen LogP contribution in [0, 0.1) is 0 Å². The molecule has 22 heavy (non-hydrogen) atoms. The second kappa shape index (κ2) is 7.35. The average Bonchev–Trinajstić information content (AvgIpc) is 2.56. The predicted molar refractivity (Wildman–Crippen MR) is 88.5 cm³/mol. The Hall–Kier alpha value is -1.24. The van der Waals surface area contributed by atoms with Gasteiger partial charge in [-0.3, -0.25) is 9.69 Å². The number of ether oxygens (including phenoxy) is 1. The van der Waals surface area contributed by atoms with Crippen molar-refractivity contribution in [1.82, 2.24) is 15.1 Å². The lowest BCUT2D eigenvalue weighted by molar-refractivity contribution is -0.127. The number of carbonyl (C=O) groups is 1. The Balaban J connectivity index is 1.41. The molecule has 0 aromatic heterocycles. The van der Waals surface area contributed by atoms with Crippen molar-refractivity contribution in [3.8, 4) is 5.75 Å². The van der Waals surface area contributed by atoms with Crippen molar-refractivity contribution < 1.29 is 9.53 Å². The van der Waals surface area contributed by atoms with Crippen molar-refractivity contribution in [3.63, 3.8) is 0 Å². The zero-order chi connectivity index (χ0) is 15.4. The molecular formula is C16H23N3O2S. The van der Waals surface area contributed by atoms with Gasteiger partial charge in [-0.2, -0.15) is 0 Å². The molecule has 0 unspecified atom stereocenters. The fourth-order valence-electron chi connectivity index (χ4n) is 2.67. The number of fused-ring (bicyclic) bond motifs is 1. The zero-order valence-electron chi connectivity index (χ0n) is 13.0. The maximum absolute atomic E-state index is 12.2. The van der Waals surface area contributed by atoms with Gasteiger partial charge in [-0.15, -0.1) is 11.8 Å². The number of amides is 1. The van der Waals surface area contributed by atoms with Crippen LogP contribution >= 0.6 is 11.8 Å². The van der Waals surface area contributed by atoms with Crippen molar-refractivity contribution in [3.05, 3.63) is 24.3 Å². The summed E-state index contributed by atoms with van der Waals surface area (Å²) in [5.41, 5.74) is 0. The van der Waals surface area contributed by atoms with Gasteiger partial charge in [0.2, 0.25) is 0 Å². The number of rotatable bonds is 4. The molecule has 2 aliphatic heterocycles. The normalized spacial score (nSPS) is 22.7. The van der Waals surface area contributed by atoms with Crippen LogP contribution in [0.1, 0.15) is 0 Å². The molecule has 2 aliphatic rings. The van der Waals surface area contributed by atoms with Crippen molar-refractivity contribution in [1.29, 1.82) is 0 Å². The minimum atomic E-state index is -0.382. The summed E-state index contributed by atoms with van der Waals surface area (Å²) in [5, 5.41) is 3.01. The molecule has 0 spiro atoms. The van der Waals surface area contributed by atoms with Gasteiger partial charge in [0.25, 0.3) is 5.91 Å². The van der Waals surface area contributed by atoms with Crippen LogP contribution in [0.2, 0.25) is 0 Å². The minimum Gasteiger partial charge on any atom is -0.479 e. The van der Waals surface area contributed by atoms with Gasteiger partial charge in [0.05, 0.1) is 0 Å². The van der Waals surface area contributed by atoms with Crippen LogP contribution in [0.5, 0.6) is 5.75 Å². The number of nitrogens with one attached hydrogen (secondary N) is 1. The highest BCUT2D eigenvalue weighted by Gasteiger charge is 2.26. The summed E-state index contributed by atoms with van der Waals surface area (Å²) >= 11 is 1.69. The second-order valence-electron chi connectivity index (χ2n) is 5.80. The molecular weight excluding hydrogens is 298 g/mol. The van der Waals surface area contributed by atoms with E-state index in [-0.39, 0.29) is 12.0 Å². The lowest BCUT2D eigenvalue weighted by Crippen LogP contribution is -2.48. The Labute approximate surface area is 136 Å². The van der Waals surface area contributed by atoms with Crippen LogP contribution in [0.4, 0.5) is 0 Å². The van der Waals surface area contributed by atoms with Gasteiger partial charge in [-0.25, -0.2) is 0 Å². The van der Waals surface area contributed by atoms with Gasteiger partial charge in [-0.1, -0.05) is 12.1 Å². The third-order valence-corrected chi connectivity index (χ3v) is 5.24. The molecule has 1 aromatic rings. The predicted octanol–water partition coefficient (Wildman–Crippen LogP) is 0.903. The number of para-hydroxylation sites is 1. The zero-order valence-corrected chi connectivity index (χ0v) is 13.8. The molecule has 2 heterocycles. The molecule has 0 saturated carbocycles. The van der Waals surface area contributed by atoms with Gasteiger partial charge >= 0.3 is 0 Å². The molecule has 0 bridgehead atoms. The lowest BCUT2D eigenvalue weighted by atomic mass is 10.3. The Morgan fingerprint density at radius 1 is 1.32 bits per heavy atom. The number of piperazine rings is 1. The van der Waals surface area contributed by atoms with Crippen LogP contribution < -0.4 is 10.1 Å². The molecule has 1 amide bonds. The van der Waals surface area contributed by atoms with E-state index in [4.69, 9.17) is 4.74 Å². The monoisotopic (exact) mass is 321 g/mol. The van der Waals surface area contributed by atoms with Crippen LogP contribution in [0.3, 0.4) is 0 Å². The van der Waals surface area contributed by atoms with Crippen LogP contribution in [-0.2, 0) is 4.79 Å². The van der Waals surface area contributed by atoms with E-state index in [0.717, 1.165) is 43.4 Å². The first-order valence-corrected chi connectivity index (χ1v) is 8.78. The van der Waals surface area contributed by atoms with Crippen molar-refractivity contribution in [2.45, 2.75) is 11.0 Å². The maximum Gasteiger partial charge on any atom is 0.262 e. The number of thioether (sulfide) groups is 1. The Morgan fingerprint density at radius 3 is 2.91 bits per heavy atom. The third kappa shape index (κ3) is 3.94. The van der Waals surface area contributed by atoms with Gasteiger partial charge in [0.1, 0.15) is 5.75 Å². The highest BCUT2D eigenvalue weighted by molar-refractivity contribution is 7.99. The van der Waals surface area contributed by atoms with E-state index in [9.17, 15) is 4.79 Å². The molecule has 1 atom stereocenters. The number of nitrogens with zero attached hydrogens (tertiary/aromatic N) is 2. The summed E-state index contributed by atoms with van der Waals surface area (Å²) in [6.07, 6.45) is -0.382. The quantitative estimate of drug-likeness (QED) is 0.893.